The van der Waals surface area contributed by atoms with Gasteiger partial charge in [-0.3, -0.25) is 57.7 Å². The van der Waals surface area contributed by atoms with Gasteiger partial charge in [0, 0.05) is 48.2 Å². The molecular formula is C71H92ClN13O14S. The molecule has 8 atom stereocenters. The van der Waals surface area contributed by atoms with Crippen molar-refractivity contribution in [3.63, 3.8) is 0 Å². The number of aliphatic imine (C=N–C) groups is 1. The summed E-state index contributed by atoms with van der Waals surface area (Å²) in [7, 11) is -4.19. The van der Waals surface area contributed by atoms with Crippen LogP contribution in [0.5, 0.6) is 5.75 Å². The van der Waals surface area contributed by atoms with E-state index in [1.54, 1.807) is 49.9 Å². The first-order valence-electron chi connectivity index (χ1n) is 33.8. The molecule has 3 fully saturated rings. The van der Waals surface area contributed by atoms with Gasteiger partial charge in [-0.2, -0.15) is 0 Å². The Kier molecular flexibility index (Phi) is 25.4. The highest BCUT2D eigenvalue weighted by Gasteiger charge is 2.47. The van der Waals surface area contributed by atoms with Crippen LogP contribution < -0.4 is 52.8 Å². The van der Waals surface area contributed by atoms with Crippen molar-refractivity contribution in [1.82, 2.24) is 51.3 Å². The summed E-state index contributed by atoms with van der Waals surface area (Å²) in [5.74, 6) is -6.30. The van der Waals surface area contributed by atoms with Gasteiger partial charge in [-0.25, -0.2) is 13.1 Å². The number of amides is 9. The summed E-state index contributed by atoms with van der Waals surface area (Å²) >= 11 is 7.05. The Hall–Kier alpha value is -9.28. The molecule has 0 bridgehead atoms. The van der Waals surface area contributed by atoms with Crippen LogP contribution in [0.1, 0.15) is 165 Å². The lowest BCUT2D eigenvalue weighted by atomic mass is 9.84. The second-order valence-electron chi connectivity index (χ2n) is 26.6. The Morgan fingerprint density at radius 1 is 0.660 bits per heavy atom. The molecule has 538 valence electrons. The lowest BCUT2D eigenvalue weighted by Crippen LogP contribution is -2.57. The fourth-order valence-electron chi connectivity index (χ4n) is 13.4. The van der Waals surface area contributed by atoms with Gasteiger partial charge in [0.1, 0.15) is 47.6 Å². The summed E-state index contributed by atoms with van der Waals surface area (Å²) in [6.07, 6.45) is 4.06. The number of nitrogens with two attached hydrogens (primary N) is 2. The number of hydrogen-bond acceptors (Lipinski definition) is 16. The summed E-state index contributed by atoms with van der Waals surface area (Å²) in [6.45, 7) is 13.8. The van der Waals surface area contributed by atoms with E-state index in [0.29, 0.717) is 96.5 Å². The first kappa shape index (κ1) is 76.5. The maximum Gasteiger partial charge on any atom is 0.264 e. The summed E-state index contributed by atoms with van der Waals surface area (Å²) in [5.41, 5.74) is 17.2. The molecule has 9 amide bonds. The van der Waals surface area contributed by atoms with Crippen molar-refractivity contribution in [3.8, 4) is 5.75 Å². The predicted molar refractivity (Wildman–Crippen MR) is 373 cm³/mol. The second-order valence-corrected chi connectivity index (χ2v) is 28.7. The molecule has 4 aliphatic rings. The third-order valence-electron chi connectivity index (χ3n) is 18.9. The van der Waals surface area contributed by atoms with E-state index in [2.05, 4.69) is 41.6 Å². The summed E-state index contributed by atoms with van der Waals surface area (Å²) in [5, 5.41) is 15.0. The molecule has 0 aliphatic carbocycles. The van der Waals surface area contributed by atoms with Gasteiger partial charge >= 0.3 is 0 Å². The summed E-state index contributed by atoms with van der Waals surface area (Å²) in [4.78, 5) is 156. The van der Waals surface area contributed by atoms with E-state index in [4.69, 9.17) is 27.8 Å². The highest BCUT2D eigenvalue weighted by atomic mass is 35.5. The van der Waals surface area contributed by atoms with Crippen LogP contribution in [-0.2, 0) is 59.6 Å². The van der Waals surface area contributed by atoms with Gasteiger partial charge < -0.3 is 62.8 Å². The molecule has 0 radical (unpaired) electrons. The number of rotatable bonds is 27. The molecule has 100 heavy (non-hydrogen) atoms. The number of ketones is 2. The smallest absolute Gasteiger partial charge is 0.264 e. The molecule has 3 saturated heterocycles. The number of carbonyl (C=O) groups excluding carboxylic acids is 11. The number of fused-ring (bicyclic) bond motifs is 1. The molecule has 0 spiro atoms. The molecule has 0 aromatic heterocycles. The Morgan fingerprint density at radius 3 is 1.86 bits per heavy atom. The number of nitrogens with one attached hydrogen (secondary N) is 7. The van der Waals surface area contributed by atoms with E-state index in [0.717, 1.165) is 22.3 Å². The van der Waals surface area contributed by atoms with Crippen molar-refractivity contribution in [1.29, 1.82) is 0 Å². The van der Waals surface area contributed by atoms with Crippen molar-refractivity contribution >= 4 is 92.3 Å². The molecule has 27 nitrogen and oxygen atoms in total. The van der Waals surface area contributed by atoms with E-state index in [1.807, 2.05) is 62.4 Å². The van der Waals surface area contributed by atoms with Crippen LogP contribution in [0.25, 0.3) is 0 Å². The van der Waals surface area contributed by atoms with Gasteiger partial charge in [0.15, 0.2) is 11.6 Å². The van der Waals surface area contributed by atoms with Crippen LogP contribution in [0.3, 0.4) is 0 Å². The van der Waals surface area contributed by atoms with E-state index in [-0.39, 0.29) is 60.8 Å². The summed E-state index contributed by atoms with van der Waals surface area (Å²) in [6, 6.07) is 14.9. The summed E-state index contributed by atoms with van der Waals surface area (Å²) < 4.78 is 35.9. The van der Waals surface area contributed by atoms with Crippen molar-refractivity contribution < 1.29 is 65.9 Å². The molecular weight excluding hydrogens is 1330 g/mol. The number of Topliss-reactive ketones (excluding diaryl/α,β-unsaturated/α-hetero) is 2. The van der Waals surface area contributed by atoms with Gasteiger partial charge in [0.05, 0.1) is 30.6 Å². The van der Waals surface area contributed by atoms with Crippen molar-refractivity contribution in [2.24, 2.45) is 16.5 Å². The number of nitrogens with zero attached hydrogens (tertiary/aromatic N) is 4. The topological polar surface area (TPSA) is 389 Å². The third-order valence-corrected chi connectivity index (χ3v) is 20.9. The fraction of sp³-hybridized carbons (Fsp3) is 0.493. The second kappa shape index (κ2) is 33.3. The Labute approximate surface area is 587 Å². The number of hydrogen-bond donors (Lipinski definition) is 9. The molecule has 8 rings (SSSR count). The zero-order valence-electron chi connectivity index (χ0n) is 58.0. The van der Waals surface area contributed by atoms with Crippen LogP contribution in [0.2, 0.25) is 5.02 Å². The molecule has 4 heterocycles. The van der Waals surface area contributed by atoms with E-state index in [9.17, 15) is 61.2 Å². The van der Waals surface area contributed by atoms with Crippen LogP contribution in [0.4, 0.5) is 0 Å². The average molecular weight is 1420 g/mol. The van der Waals surface area contributed by atoms with Gasteiger partial charge in [-0.05, 0) is 172 Å². The first-order chi connectivity index (χ1) is 47.3. The molecule has 1 unspecified atom stereocenters. The number of halogens is 1. The number of carbonyl (C=O) groups is 11. The van der Waals surface area contributed by atoms with E-state index >= 15 is 0 Å². The van der Waals surface area contributed by atoms with Crippen molar-refractivity contribution in [2.45, 2.75) is 185 Å². The average Bonchev–Trinajstić information content (AvgIpc) is 1.43. The Balaban J connectivity index is 0.760. The largest absolute Gasteiger partial charge is 0.487 e. The first-order valence-corrected chi connectivity index (χ1v) is 35.7. The maximum absolute atomic E-state index is 14.5. The lowest BCUT2D eigenvalue weighted by molar-refractivity contribution is -0.149. The number of sulfonamides is 1. The van der Waals surface area contributed by atoms with Crippen LogP contribution in [0.15, 0.2) is 82.7 Å². The van der Waals surface area contributed by atoms with Gasteiger partial charge in [0.2, 0.25) is 59.1 Å². The lowest BCUT2D eigenvalue weighted by Gasteiger charge is -2.35. The Bertz CT molecular complexity index is 3960. The van der Waals surface area contributed by atoms with Crippen molar-refractivity contribution in [2.75, 3.05) is 45.8 Å². The zero-order chi connectivity index (χ0) is 73.1. The van der Waals surface area contributed by atoms with Crippen LogP contribution >= 0.6 is 11.6 Å². The minimum absolute atomic E-state index is 0.0338. The molecule has 11 N–H and O–H groups in total. The van der Waals surface area contributed by atoms with Gasteiger partial charge in [-0.15, -0.1) is 0 Å². The highest BCUT2D eigenvalue weighted by molar-refractivity contribution is 7.90. The normalized spacial score (nSPS) is 18.8. The van der Waals surface area contributed by atoms with Gasteiger partial charge in [-0.1, -0.05) is 78.3 Å². The molecule has 0 saturated carbocycles. The number of likely N-dealkylation sites (tertiary alicyclic amines) is 3. The van der Waals surface area contributed by atoms with Gasteiger partial charge in [0.25, 0.3) is 10.0 Å². The SMILES string of the molecule is CC(=O)c1ccc(C(c2ccccc2)c2ccc(C(=O)[C@@H]3CCCN3C(=O)[C@@H]3CCCN3C(=O)[C@@H]3CCCN3C(=O)[C@H](C)NC(=O)[C@H](C)NC(=O)CNC(=O)CNC(=O)[C@H](C)NC(=O)[C@H](CCCN=C(N)NS(=O)(=O)c3c(C)c(C)c4c(c3C)CCC(C)(C)O4)NC(=O)CN)cc2Cl)cc1. The minimum atomic E-state index is -4.19. The molecule has 29 heteroatoms. The standard InChI is InChI=1S/C71H92ClN13O14S/c1-39-40(2)63(41(3)50-29-30-71(8,9)99-62(39)50)100(97,98)82-70(74)75-31-13-19-53(81-57(87)36-73)66(93)79-42(4)64(91)77-37-58(88)76-38-59(89)78-43(5)65(92)80-44(6)67(94)84-33-15-21-55(84)69(96)85-34-16-22-56(85)68(95)83-32-14-20-54(83)61(90)49-27-28-51(52(72)35-49)60(47-17-11-10-12-18-47)48-25-23-46(24-26-48)45(7)86/h10-12,17-18,23-28,35,42-44,53-56,60H,13-16,19-22,29-34,36-38,73H2,1-9H3,(H,76,88)(H,77,91)(H,78,89)(H,79,93)(H,80,92)(H,81,87)(H3,74,75,82)/t42-,43-,44-,53-,54-,55-,56-,60?/m0/s1. The number of ether oxygens (including phenoxy) is 1. The minimum Gasteiger partial charge on any atom is -0.487 e. The Morgan fingerprint density at radius 2 is 1.23 bits per heavy atom. The van der Waals surface area contributed by atoms with Crippen molar-refractivity contribution in [3.05, 3.63) is 128 Å². The zero-order valence-corrected chi connectivity index (χ0v) is 59.6. The van der Waals surface area contributed by atoms with Crippen LogP contribution in [0, 0.1) is 20.8 Å². The van der Waals surface area contributed by atoms with E-state index in [1.165, 1.54) is 37.5 Å². The third kappa shape index (κ3) is 18.4. The fourth-order valence-corrected chi connectivity index (χ4v) is 15.2. The quantitative estimate of drug-likeness (QED) is 0.0136. The molecule has 4 aromatic carbocycles. The number of benzene rings is 4. The monoisotopic (exact) mass is 1420 g/mol. The molecule has 4 aromatic rings. The predicted octanol–water partition coefficient (Wildman–Crippen LogP) is 3.17. The van der Waals surface area contributed by atoms with Crippen LogP contribution in [-0.4, -0.2) is 188 Å². The highest BCUT2D eigenvalue weighted by Crippen LogP contribution is 2.43. The maximum atomic E-state index is 14.5. The number of guanidine groups is 1. The van der Waals surface area contributed by atoms with E-state index < -0.39 is 131 Å². The molecule has 4 aliphatic heterocycles.